The molecule has 0 aromatic heterocycles. The van der Waals surface area contributed by atoms with Crippen molar-refractivity contribution in [2.24, 2.45) is 0 Å². The summed E-state index contributed by atoms with van der Waals surface area (Å²) < 4.78 is 5.85. The quantitative estimate of drug-likeness (QED) is 0.0675. The first-order valence-electron chi connectivity index (χ1n) is 22.5. The first-order valence-corrected chi connectivity index (χ1v) is 28.1. The van der Waals surface area contributed by atoms with Gasteiger partial charge in [-0.3, -0.25) is 0 Å². The largest absolute Gasteiger partial charge is 1.00 e. The molecule has 6 rings (SSSR count). The summed E-state index contributed by atoms with van der Waals surface area (Å²) >= 11 is 1.80. The van der Waals surface area contributed by atoms with E-state index >= 15 is 0 Å². The van der Waals surface area contributed by atoms with Crippen molar-refractivity contribution in [3.05, 3.63) is 131 Å². The molecule has 0 fully saturated rings. The number of hydrogen-bond acceptors (Lipinski definition) is 1. The van der Waals surface area contributed by atoms with Gasteiger partial charge in [-0.25, -0.2) is 0 Å². The van der Waals surface area contributed by atoms with E-state index in [9.17, 15) is 0 Å². The zero-order chi connectivity index (χ0) is 43.5. The minimum absolute atomic E-state index is 0. The van der Waals surface area contributed by atoms with Crippen LogP contribution in [0.3, 0.4) is 0 Å². The third-order valence-electron chi connectivity index (χ3n) is 11.5. The van der Waals surface area contributed by atoms with Gasteiger partial charge in [0.25, 0.3) is 0 Å². The smallest absolute Gasteiger partial charge is 0.0598 e. The van der Waals surface area contributed by atoms with E-state index in [0.717, 1.165) is 19.4 Å². The van der Waals surface area contributed by atoms with Gasteiger partial charge >= 0.3 is 54.7 Å². The summed E-state index contributed by atoms with van der Waals surface area (Å²) in [5.74, 6) is 0.573. The fourth-order valence-corrected chi connectivity index (χ4v) is 8.14. The molecule has 0 radical (unpaired) electrons. The van der Waals surface area contributed by atoms with E-state index in [2.05, 4.69) is 200 Å². The third kappa shape index (κ3) is 16.4. The predicted molar refractivity (Wildman–Crippen MR) is 261 cm³/mol. The van der Waals surface area contributed by atoms with Gasteiger partial charge in [0.15, 0.2) is 0 Å². The Morgan fingerprint density at radius 1 is 0.623 bits per heavy atom. The van der Waals surface area contributed by atoms with Crippen LogP contribution in [0.1, 0.15) is 149 Å². The summed E-state index contributed by atoms with van der Waals surface area (Å²) in [4.78, 5) is 0. The zero-order valence-electron chi connectivity index (χ0n) is 40.2. The van der Waals surface area contributed by atoms with Crippen LogP contribution in [0.2, 0.25) is 12.1 Å². The minimum atomic E-state index is -0.0210. The fourth-order valence-electron chi connectivity index (χ4n) is 7.64. The van der Waals surface area contributed by atoms with E-state index in [1.165, 1.54) is 103 Å². The number of unbranched alkanes of at least 4 members (excludes halogenated alkanes) is 3. The molecule has 6 aromatic carbocycles. The predicted octanol–water partition coefficient (Wildman–Crippen LogP) is 11.0. The monoisotopic (exact) mass is 952 g/mol. The summed E-state index contributed by atoms with van der Waals surface area (Å²) in [5, 5.41) is 5.55. The Labute approximate surface area is 400 Å². The maximum atomic E-state index is 5.85. The fraction of sp³-hybridized carbons (Fsp3) is 0.464. The molecule has 0 heterocycles. The van der Waals surface area contributed by atoms with Gasteiger partial charge in [-0.1, -0.05) is 160 Å². The number of aryl methyl sites for hydroxylation is 2. The van der Waals surface area contributed by atoms with Crippen molar-refractivity contribution >= 4 is 27.0 Å². The molecule has 61 heavy (non-hydrogen) atoms. The van der Waals surface area contributed by atoms with Gasteiger partial charge in [-0.15, -0.1) is 74.6 Å². The van der Waals surface area contributed by atoms with Crippen LogP contribution in [-0.4, -0.2) is 17.6 Å². The summed E-state index contributed by atoms with van der Waals surface area (Å²) in [7, 11) is 0. The molecule has 0 aliphatic heterocycles. The Kier molecular flexibility index (Phi) is 22.2. The topological polar surface area (TPSA) is 9.23 Å². The van der Waals surface area contributed by atoms with Crippen LogP contribution >= 0.6 is 0 Å². The molecule has 0 amide bonds. The van der Waals surface area contributed by atoms with Crippen LogP contribution in [0, 0.1) is 6.92 Å². The van der Waals surface area contributed by atoms with E-state index < -0.39 is 0 Å². The van der Waals surface area contributed by atoms with E-state index in [4.69, 9.17) is 4.74 Å². The van der Waals surface area contributed by atoms with Gasteiger partial charge in [-0.2, -0.15) is 6.07 Å². The third-order valence-corrected chi connectivity index (χ3v) is 18.4. The van der Waals surface area contributed by atoms with Crippen molar-refractivity contribution in [2.75, 3.05) is 6.61 Å². The average molecular weight is 955 g/mol. The Morgan fingerprint density at radius 2 is 1.11 bits per heavy atom. The maximum absolute atomic E-state index is 5.85. The number of fused-ring (bicyclic) bond motifs is 2. The molecule has 0 N–H and O–H groups in total. The van der Waals surface area contributed by atoms with E-state index in [1.807, 2.05) is 0 Å². The van der Waals surface area contributed by atoms with E-state index in [0.29, 0.717) is 5.92 Å². The maximum Gasteiger partial charge on any atom is 0.0598 e. The first kappa shape index (κ1) is 54.9. The second-order valence-corrected chi connectivity index (χ2v) is 27.8. The summed E-state index contributed by atoms with van der Waals surface area (Å²) in [6.45, 7) is 32.2. The Morgan fingerprint density at radius 3 is 1.59 bits per heavy atom. The molecule has 1 nitrogen and oxygen atoms in total. The Hall–Kier alpha value is -2.26. The van der Waals surface area contributed by atoms with Crippen molar-refractivity contribution in [1.29, 1.82) is 0 Å². The second-order valence-electron chi connectivity index (χ2n) is 19.9. The molecule has 0 saturated carbocycles. The van der Waals surface area contributed by atoms with Gasteiger partial charge in [0.1, 0.15) is 0 Å². The molecule has 0 aliphatic rings. The van der Waals surface area contributed by atoms with Crippen molar-refractivity contribution in [3.8, 4) is 22.3 Å². The summed E-state index contributed by atoms with van der Waals surface area (Å²) in [6.07, 6.45) is 6.07. The first-order chi connectivity index (χ1) is 27.7. The molecule has 0 atom stereocenters. The molecule has 330 valence electrons. The van der Waals surface area contributed by atoms with Crippen LogP contribution in [0.5, 0.6) is 0 Å². The molecule has 0 aliphatic carbocycles. The molecule has 0 spiro atoms. The van der Waals surface area contributed by atoms with Crippen LogP contribution in [0.25, 0.3) is 43.8 Å². The SMILES string of the molecule is CC(C)c1cc2c(-c3ccc(C(C)(C)C)cc3)cccc2[cH-]1.CC[Si](=[Zr+2])CC.Cc1[cH-]c2cccc(-c3ccc(C(C)(C)C)cc3)c2c1CCCCCCOC(C)(C)C.[Cl-].[Cl-]. The van der Waals surface area contributed by atoms with Crippen molar-refractivity contribution in [1.82, 2.24) is 0 Å². The molecule has 0 bridgehead atoms. The van der Waals surface area contributed by atoms with Gasteiger partial charge in [-0.05, 0) is 66.2 Å². The molecule has 0 unspecified atom stereocenters. The minimum Gasteiger partial charge on any atom is -1.00 e. The summed E-state index contributed by atoms with van der Waals surface area (Å²) in [6, 6.07) is 41.6. The second kappa shape index (κ2) is 24.7. The number of halogens is 2. The van der Waals surface area contributed by atoms with Crippen molar-refractivity contribution < 1.29 is 52.9 Å². The molecular formula is C56H76Cl2OSiZr-2. The number of benzene rings is 4. The number of ether oxygens (including phenoxy) is 1. The van der Waals surface area contributed by atoms with Crippen LogP contribution in [-0.2, 0) is 45.3 Å². The molecular weight excluding hydrogens is 879 g/mol. The Balaban J connectivity index is 0.000000373. The average Bonchev–Trinajstić information content (AvgIpc) is 3.77. The van der Waals surface area contributed by atoms with Crippen molar-refractivity contribution in [3.63, 3.8) is 0 Å². The molecule has 6 aromatic rings. The van der Waals surface area contributed by atoms with Gasteiger partial charge in [0.2, 0.25) is 0 Å². The van der Waals surface area contributed by atoms with Crippen LogP contribution in [0.15, 0.2) is 103 Å². The standard InChI is InChI=1S/C30H41O.C22H25.C4H10Si.2ClH.Zr/c1-22-21-24-13-12-15-27(23-16-18-25(19-17-23)29(2,3)4)28(24)26(22)14-10-8-9-11-20-31-30(5,6)7;1-15(2)18-13-17-7-6-8-20(21(17)14-18)16-9-11-19(12-10-16)22(3,4)5;1-3-5-4-2;;;/h12-13,15-19,21H,8-11,14,20H2,1-7H3;6-15H,1-5H3;3-4H2,1-2H3;2*1H;/q2*-1;;;;+2/p-2. The van der Waals surface area contributed by atoms with E-state index in [-0.39, 0.29) is 46.7 Å². The van der Waals surface area contributed by atoms with E-state index in [1.54, 1.807) is 23.3 Å². The van der Waals surface area contributed by atoms with Gasteiger partial charge in [0.05, 0.1) is 5.60 Å². The van der Waals surface area contributed by atoms with Crippen LogP contribution in [0.4, 0.5) is 0 Å². The zero-order valence-corrected chi connectivity index (χ0v) is 45.2. The van der Waals surface area contributed by atoms with Gasteiger partial charge in [0, 0.05) is 6.61 Å². The van der Waals surface area contributed by atoms with Crippen molar-refractivity contribution in [2.45, 2.75) is 163 Å². The number of hydrogen-bond donors (Lipinski definition) is 0. The normalized spacial score (nSPS) is 11.7. The molecule has 5 heteroatoms. The summed E-state index contributed by atoms with van der Waals surface area (Å²) in [5.41, 5.74) is 13.1. The number of rotatable bonds is 12. The van der Waals surface area contributed by atoms with Gasteiger partial charge < -0.3 is 29.6 Å². The molecule has 0 saturated heterocycles. The van der Waals surface area contributed by atoms with Crippen LogP contribution < -0.4 is 24.8 Å². The Bertz CT molecular complexity index is 2210.